The molecule has 10 nitrogen and oxygen atoms in total. The molecule has 1 aliphatic heterocycles. The van der Waals surface area contributed by atoms with Crippen LogP contribution in [0.25, 0.3) is 0 Å². The van der Waals surface area contributed by atoms with Gasteiger partial charge in [0.25, 0.3) is 0 Å². The molecular formula is C28H37IN6O4S. The summed E-state index contributed by atoms with van der Waals surface area (Å²) in [5.74, 6) is 2.20. The number of sulfonamides is 1. The molecule has 0 spiro atoms. The molecule has 1 aliphatic rings. The molecule has 0 amide bonds. The zero-order valence-electron chi connectivity index (χ0n) is 23.3. The SMILES string of the molecule is CCOc1cc(O[C@@H]2CCN(C)C2)ccc1Nc1ncc(I)c(Nc2ccccc2S(=O)(=O)NC(CC)CC)n1. The van der Waals surface area contributed by atoms with E-state index in [1.807, 2.05) is 39.0 Å². The lowest BCUT2D eigenvalue weighted by atomic mass is 10.2. The van der Waals surface area contributed by atoms with Crippen molar-refractivity contribution in [2.45, 2.75) is 57.1 Å². The highest BCUT2D eigenvalue weighted by Gasteiger charge is 2.23. The third-order valence-electron chi connectivity index (χ3n) is 6.63. The Balaban J connectivity index is 1.56. The molecule has 0 bridgehead atoms. The van der Waals surface area contributed by atoms with Crippen LogP contribution in [0, 0.1) is 3.57 Å². The van der Waals surface area contributed by atoms with Crippen molar-refractivity contribution in [3.63, 3.8) is 0 Å². The topological polar surface area (TPSA) is 118 Å². The van der Waals surface area contributed by atoms with Crippen molar-refractivity contribution < 1.29 is 17.9 Å². The van der Waals surface area contributed by atoms with Gasteiger partial charge in [-0.25, -0.2) is 18.1 Å². The first-order chi connectivity index (χ1) is 19.2. The number of hydrogen-bond acceptors (Lipinski definition) is 9. The van der Waals surface area contributed by atoms with E-state index < -0.39 is 10.0 Å². The van der Waals surface area contributed by atoms with Gasteiger partial charge in [-0.2, -0.15) is 4.98 Å². The fourth-order valence-corrected chi connectivity index (χ4v) is 6.40. The van der Waals surface area contributed by atoms with Crippen molar-refractivity contribution in [2.24, 2.45) is 0 Å². The molecule has 12 heteroatoms. The first kappa shape index (κ1) is 30.3. The Morgan fingerprint density at radius 1 is 1.10 bits per heavy atom. The highest BCUT2D eigenvalue weighted by molar-refractivity contribution is 14.1. The lowest BCUT2D eigenvalue weighted by molar-refractivity contribution is 0.207. The Labute approximate surface area is 250 Å². The maximum atomic E-state index is 13.2. The van der Waals surface area contributed by atoms with Crippen LogP contribution in [0.15, 0.2) is 53.6 Å². The normalized spacial score (nSPS) is 15.8. The molecule has 40 heavy (non-hydrogen) atoms. The van der Waals surface area contributed by atoms with Crippen molar-refractivity contribution in [1.29, 1.82) is 0 Å². The third kappa shape index (κ3) is 7.74. The Kier molecular flexibility index (Phi) is 10.4. The number of benzene rings is 2. The molecule has 0 aliphatic carbocycles. The first-order valence-corrected chi connectivity index (χ1v) is 16.1. The summed E-state index contributed by atoms with van der Waals surface area (Å²) in [7, 11) is -1.65. The van der Waals surface area contributed by atoms with Gasteiger partial charge in [0.05, 0.1) is 21.6 Å². The molecule has 2 heterocycles. The number of nitrogens with zero attached hydrogens (tertiary/aromatic N) is 3. The van der Waals surface area contributed by atoms with Gasteiger partial charge in [-0.15, -0.1) is 0 Å². The van der Waals surface area contributed by atoms with Crippen LogP contribution >= 0.6 is 22.6 Å². The van der Waals surface area contributed by atoms with E-state index in [4.69, 9.17) is 9.47 Å². The van der Waals surface area contributed by atoms with Crippen LogP contribution in [0.3, 0.4) is 0 Å². The monoisotopic (exact) mass is 680 g/mol. The number of likely N-dealkylation sites (tertiary alicyclic amines) is 1. The van der Waals surface area contributed by atoms with Gasteiger partial charge in [0, 0.05) is 31.4 Å². The Hall–Kier alpha value is -2.68. The maximum absolute atomic E-state index is 13.2. The molecule has 2 aromatic carbocycles. The lowest BCUT2D eigenvalue weighted by Gasteiger charge is -2.18. The molecule has 216 valence electrons. The molecule has 0 radical (unpaired) electrons. The van der Waals surface area contributed by atoms with Gasteiger partial charge in [-0.3, -0.25) is 0 Å². The number of hydrogen-bond donors (Lipinski definition) is 3. The van der Waals surface area contributed by atoms with Crippen LogP contribution in [0.4, 0.5) is 23.1 Å². The number of rotatable bonds is 13. The number of likely N-dealkylation sites (N-methyl/N-ethyl adjacent to an activating group) is 1. The van der Waals surface area contributed by atoms with E-state index in [1.165, 1.54) is 0 Å². The zero-order valence-corrected chi connectivity index (χ0v) is 26.3. The largest absolute Gasteiger partial charge is 0.492 e. The summed E-state index contributed by atoms with van der Waals surface area (Å²) in [6.45, 7) is 8.26. The molecular weight excluding hydrogens is 643 g/mol. The summed E-state index contributed by atoms with van der Waals surface area (Å²) in [6.07, 6.45) is 4.23. The smallest absolute Gasteiger partial charge is 0.242 e. The average Bonchev–Trinajstić information content (AvgIpc) is 3.35. The molecule has 0 unspecified atom stereocenters. The predicted octanol–water partition coefficient (Wildman–Crippen LogP) is 5.52. The molecule has 0 saturated carbocycles. The van der Waals surface area contributed by atoms with Crippen LogP contribution in [-0.2, 0) is 10.0 Å². The van der Waals surface area contributed by atoms with Crippen molar-refractivity contribution in [3.05, 3.63) is 52.2 Å². The van der Waals surface area contributed by atoms with E-state index in [0.29, 0.717) is 48.3 Å². The van der Waals surface area contributed by atoms with Gasteiger partial charge >= 0.3 is 0 Å². The lowest BCUT2D eigenvalue weighted by Crippen LogP contribution is -2.34. The van der Waals surface area contributed by atoms with Crippen LogP contribution in [0.2, 0.25) is 0 Å². The quantitative estimate of drug-likeness (QED) is 0.201. The minimum atomic E-state index is -3.74. The summed E-state index contributed by atoms with van der Waals surface area (Å²) in [6, 6.07) is 12.3. The van der Waals surface area contributed by atoms with Crippen molar-refractivity contribution in [3.8, 4) is 11.5 Å². The summed E-state index contributed by atoms with van der Waals surface area (Å²) in [5, 5.41) is 6.44. The fourth-order valence-electron chi connectivity index (χ4n) is 4.44. The highest BCUT2D eigenvalue weighted by Crippen LogP contribution is 2.33. The van der Waals surface area contributed by atoms with E-state index >= 15 is 0 Å². The summed E-state index contributed by atoms with van der Waals surface area (Å²) >= 11 is 2.12. The molecule has 1 aromatic heterocycles. The van der Waals surface area contributed by atoms with Gasteiger partial charge < -0.3 is 25.0 Å². The third-order valence-corrected chi connectivity index (χ3v) is 9.00. The number of nitrogens with one attached hydrogen (secondary N) is 3. The van der Waals surface area contributed by atoms with Gasteiger partial charge in [-0.05, 0) is 80.1 Å². The van der Waals surface area contributed by atoms with Crippen LogP contribution in [0.1, 0.15) is 40.0 Å². The van der Waals surface area contributed by atoms with E-state index in [1.54, 1.807) is 30.5 Å². The maximum Gasteiger partial charge on any atom is 0.242 e. The van der Waals surface area contributed by atoms with Crippen LogP contribution < -0.4 is 24.8 Å². The average molecular weight is 681 g/mol. The number of aromatic nitrogens is 2. The molecule has 4 rings (SSSR count). The first-order valence-electron chi connectivity index (χ1n) is 13.5. The van der Waals surface area contributed by atoms with E-state index in [-0.39, 0.29) is 17.0 Å². The zero-order chi connectivity index (χ0) is 28.7. The second-order valence-electron chi connectivity index (χ2n) is 9.65. The van der Waals surface area contributed by atoms with Gasteiger partial charge in [-0.1, -0.05) is 26.0 Å². The highest BCUT2D eigenvalue weighted by atomic mass is 127. The molecule has 3 aromatic rings. The summed E-state index contributed by atoms with van der Waals surface area (Å²) in [5.41, 5.74) is 1.12. The van der Waals surface area contributed by atoms with Crippen molar-refractivity contribution in [2.75, 3.05) is 37.4 Å². The molecule has 1 saturated heterocycles. The number of ether oxygens (including phenoxy) is 2. The minimum Gasteiger partial charge on any atom is -0.492 e. The summed E-state index contributed by atoms with van der Waals surface area (Å²) < 4.78 is 42.0. The van der Waals surface area contributed by atoms with E-state index in [2.05, 4.69) is 59.9 Å². The van der Waals surface area contributed by atoms with Crippen LogP contribution in [-0.4, -0.2) is 62.2 Å². The van der Waals surface area contributed by atoms with Gasteiger partial charge in [0.2, 0.25) is 16.0 Å². The predicted molar refractivity (Wildman–Crippen MR) is 167 cm³/mol. The number of para-hydroxylation sites is 1. The second kappa shape index (κ2) is 13.8. The van der Waals surface area contributed by atoms with Crippen molar-refractivity contribution in [1.82, 2.24) is 19.6 Å². The van der Waals surface area contributed by atoms with Gasteiger partial charge in [0.1, 0.15) is 28.3 Å². The number of halogens is 1. The van der Waals surface area contributed by atoms with Gasteiger partial charge in [0.15, 0.2) is 0 Å². The number of anilines is 4. The minimum absolute atomic E-state index is 0.135. The molecule has 1 fully saturated rings. The fraction of sp³-hybridized carbons (Fsp3) is 0.429. The molecule has 1 atom stereocenters. The Morgan fingerprint density at radius 3 is 2.58 bits per heavy atom. The molecule has 3 N–H and O–H groups in total. The van der Waals surface area contributed by atoms with Crippen LogP contribution in [0.5, 0.6) is 11.5 Å². The Morgan fingerprint density at radius 2 is 1.88 bits per heavy atom. The summed E-state index contributed by atoms with van der Waals surface area (Å²) in [4.78, 5) is 11.5. The van der Waals surface area contributed by atoms with Crippen molar-refractivity contribution >= 4 is 55.8 Å². The standard InChI is InChI=1S/C28H37IN6O4S/c1-5-19(6-2)34-40(36,37)26-11-9-8-10-24(26)31-27-22(29)17-30-28(33-27)32-23-13-12-20(16-25(23)38-7-3)39-21-14-15-35(4)18-21/h8-13,16-17,19,21,34H,5-7,14-15,18H2,1-4H3,(H2,30,31,32,33)/t21-/m1/s1. The van der Waals surface area contributed by atoms with E-state index in [9.17, 15) is 8.42 Å². The second-order valence-corrected chi connectivity index (χ2v) is 12.5. The van der Waals surface area contributed by atoms with E-state index in [0.717, 1.165) is 28.8 Å². The Bertz CT molecular complexity index is 1400.